The largest absolute Gasteiger partial charge is 0.480 e. The second kappa shape index (κ2) is 8.18. The summed E-state index contributed by atoms with van der Waals surface area (Å²) in [5, 5.41) is 12.2. The van der Waals surface area contributed by atoms with Gasteiger partial charge in [0, 0.05) is 25.3 Å². The molecule has 0 spiro atoms. The molecule has 0 aromatic heterocycles. The summed E-state index contributed by atoms with van der Waals surface area (Å²) in [4.78, 5) is 26.1. The number of likely N-dealkylation sites (N-methyl/N-ethyl adjacent to an activating group) is 1. The molecule has 26 heavy (non-hydrogen) atoms. The molecule has 0 bridgehead atoms. The van der Waals surface area contributed by atoms with Crippen LogP contribution in [0.15, 0.2) is 30.3 Å². The summed E-state index contributed by atoms with van der Waals surface area (Å²) in [5.74, 6) is -0.721. The number of amides is 1. The first kappa shape index (κ1) is 18.9. The fraction of sp³-hybridized carbons (Fsp3) is 0.600. The van der Waals surface area contributed by atoms with Gasteiger partial charge in [-0.15, -0.1) is 0 Å². The van der Waals surface area contributed by atoms with Gasteiger partial charge >= 0.3 is 5.97 Å². The highest BCUT2D eigenvalue weighted by Gasteiger charge is 2.44. The normalized spacial score (nSPS) is 24.7. The van der Waals surface area contributed by atoms with Gasteiger partial charge < -0.3 is 15.2 Å². The number of nitrogens with zero attached hydrogens (tertiary/aromatic N) is 1. The number of hydrogen-bond donors (Lipinski definition) is 2. The van der Waals surface area contributed by atoms with Crippen LogP contribution in [0.1, 0.15) is 38.2 Å². The van der Waals surface area contributed by atoms with Gasteiger partial charge in [0.25, 0.3) is 0 Å². The van der Waals surface area contributed by atoms with Crippen LogP contribution in [0, 0.1) is 0 Å². The molecule has 1 aromatic rings. The molecule has 1 amide bonds. The smallest absolute Gasteiger partial charge is 0.317 e. The number of carboxylic acid groups (broad SMARTS) is 1. The predicted octanol–water partition coefficient (Wildman–Crippen LogP) is 1.79. The molecule has 142 valence electrons. The first-order chi connectivity index (χ1) is 12.5. The average Bonchev–Trinajstić information content (AvgIpc) is 2.63. The Hall–Kier alpha value is -1.92. The van der Waals surface area contributed by atoms with Gasteiger partial charge in [0.15, 0.2) is 0 Å². The molecule has 0 radical (unpaired) electrons. The lowest BCUT2D eigenvalue weighted by Gasteiger charge is -2.44. The van der Waals surface area contributed by atoms with Crippen molar-refractivity contribution in [2.75, 3.05) is 26.3 Å². The van der Waals surface area contributed by atoms with E-state index in [-0.39, 0.29) is 24.5 Å². The standard InChI is InChI=1S/C20H28N2O4/c1-2-22(14-18(23)24)17-12-16(13-17)21-19(25)20(8-10-26-11-9-20)15-6-4-3-5-7-15/h3-7,16-17H,2,8-14H2,1H3,(H,21,25)(H,23,24). The second-order valence-electron chi connectivity index (χ2n) is 7.31. The monoisotopic (exact) mass is 360 g/mol. The lowest BCUT2D eigenvalue weighted by atomic mass is 9.72. The minimum absolute atomic E-state index is 0.0626. The Labute approximate surface area is 154 Å². The fourth-order valence-electron chi connectivity index (χ4n) is 4.12. The summed E-state index contributed by atoms with van der Waals surface area (Å²) in [5.41, 5.74) is 0.536. The van der Waals surface area contributed by atoms with Crippen molar-refractivity contribution in [2.24, 2.45) is 0 Å². The molecule has 6 heteroatoms. The minimum atomic E-state index is -0.801. The van der Waals surface area contributed by atoms with Gasteiger partial charge in [0.05, 0.1) is 12.0 Å². The van der Waals surface area contributed by atoms with Crippen molar-refractivity contribution in [1.82, 2.24) is 10.2 Å². The number of carbonyl (C=O) groups is 2. The highest BCUT2D eigenvalue weighted by Crippen LogP contribution is 2.36. The molecule has 0 unspecified atom stereocenters. The molecule has 1 aliphatic heterocycles. The van der Waals surface area contributed by atoms with Crippen molar-refractivity contribution in [3.8, 4) is 0 Å². The topological polar surface area (TPSA) is 78.9 Å². The molecule has 2 fully saturated rings. The maximum atomic E-state index is 13.2. The van der Waals surface area contributed by atoms with Crippen molar-refractivity contribution in [3.05, 3.63) is 35.9 Å². The van der Waals surface area contributed by atoms with Crippen LogP contribution in [0.3, 0.4) is 0 Å². The molecule has 2 N–H and O–H groups in total. The van der Waals surface area contributed by atoms with Crippen molar-refractivity contribution in [3.63, 3.8) is 0 Å². The van der Waals surface area contributed by atoms with E-state index in [0.717, 1.165) is 18.4 Å². The SMILES string of the molecule is CCN(CC(=O)O)C1CC(NC(=O)C2(c3ccccc3)CCOCC2)C1. The van der Waals surface area contributed by atoms with Gasteiger partial charge in [-0.05, 0) is 37.8 Å². The Kier molecular flexibility index (Phi) is 5.94. The van der Waals surface area contributed by atoms with E-state index >= 15 is 0 Å². The van der Waals surface area contributed by atoms with Crippen LogP contribution in [0.2, 0.25) is 0 Å². The first-order valence-electron chi connectivity index (χ1n) is 9.45. The van der Waals surface area contributed by atoms with Gasteiger partial charge in [0.2, 0.25) is 5.91 Å². The Morgan fingerprint density at radius 3 is 2.46 bits per heavy atom. The Morgan fingerprint density at radius 2 is 1.88 bits per heavy atom. The number of ether oxygens (including phenoxy) is 1. The lowest BCUT2D eigenvalue weighted by Crippen LogP contribution is -2.58. The third-order valence-corrected chi connectivity index (χ3v) is 5.82. The molecule has 2 aliphatic rings. The van der Waals surface area contributed by atoms with Crippen LogP contribution >= 0.6 is 0 Å². The third kappa shape index (κ3) is 3.91. The molecule has 1 saturated heterocycles. The summed E-state index contributed by atoms with van der Waals surface area (Å²) in [6.07, 6.45) is 3.01. The van der Waals surface area contributed by atoms with Crippen molar-refractivity contribution in [2.45, 2.75) is 50.1 Å². The molecule has 1 heterocycles. The highest BCUT2D eigenvalue weighted by molar-refractivity contribution is 5.88. The Bertz CT molecular complexity index is 622. The molecule has 3 rings (SSSR count). The van der Waals surface area contributed by atoms with Crippen LogP contribution in [-0.4, -0.2) is 60.3 Å². The van der Waals surface area contributed by atoms with E-state index in [0.29, 0.717) is 32.6 Å². The second-order valence-corrected chi connectivity index (χ2v) is 7.31. The van der Waals surface area contributed by atoms with Gasteiger partial charge in [-0.2, -0.15) is 0 Å². The molecule has 1 aliphatic carbocycles. The average molecular weight is 360 g/mol. The van der Waals surface area contributed by atoms with Gasteiger partial charge in [-0.25, -0.2) is 0 Å². The van der Waals surface area contributed by atoms with E-state index in [1.807, 2.05) is 42.2 Å². The number of nitrogens with one attached hydrogen (secondary N) is 1. The lowest BCUT2D eigenvalue weighted by molar-refractivity contribution is -0.140. The fourth-order valence-corrected chi connectivity index (χ4v) is 4.12. The highest BCUT2D eigenvalue weighted by atomic mass is 16.5. The van der Waals surface area contributed by atoms with Crippen LogP contribution < -0.4 is 5.32 Å². The Balaban J connectivity index is 1.62. The summed E-state index contributed by atoms with van der Waals surface area (Å²) < 4.78 is 5.50. The number of aliphatic carboxylic acids is 1. The Morgan fingerprint density at radius 1 is 1.23 bits per heavy atom. The van der Waals surface area contributed by atoms with E-state index in [4.69, 9.17) is 9.84 Å². The molecule has 1 aromatic carbocycles. The van der Waals surface area contributed by atoms with E-state index in [2.05, 4.69) is 5.32 Å². The molecule has 0 atom stereocenters. The van der Waals surface area contributed by atoms with Crippen molar-refractivity contribution in [1.29, 1.82) is 0 Å². The summed E-state index contributed by atoms with van der Waals surface area (Å²) in [7, 11) is 0. The number of rotatable bonds is 7. The summed E-state index contributed by atoms with van der Waals surface area (Å²) >= 11 is 0. The third-order valence-electron chi connectivity index (χ3n) is 5.82. The number of carboxylic acids is 1. The molecular weight excluding hydrogens is 332 g/mol. The number of carbonyl (C=O) groups excluding carboxylic acids is 1. The zero-order valence-electron chi connectivity index (χ0n) is 15.3. The zero-order chi connectivity index (χ0) is 18.6. The summed E-state index contributed by atoms with van der Waals surface area (Å²) in [6.45, 7) is 3.94. The minimum Gasteiger partial charge on any atom is -0.480 e. The van der Waals surface area contributed by atoms with Crippen molar-refractivity contribution < 1.29 is 19.4 Å². The number of benzene rings is 1. The van der Waals surface area contributed by atoms with Crippen LogP contribution in [0.4, 0.5) is 0 Å². The van der Waals surface area contributed by atoms with Crippen LogP contribution in [0.5, 0.6) is 0 Å². The first-order valence-corrected chi connectivity index (χ1v) is 9.45. The van der Waals surface area contributed by atoms with Crippen LogP contribution in [0.25, 0.3) is 0 Å². The molecule has 6 nitrogen and oxygen atoms in total. The van der Waals surface area contributed by atoms with Gasteiger partial charge in [0.1, 0.15) is 0 Å². The quantitative estimate of drug-likeness (QED) is 0.775. The van der Waals surface area contributed by atoms with E-state index in [1.54, 1.807) is 0 Å². The van der Waals surface area contributed by atoms with E-state index in [1.165, 1.54) is 0 Å². The van der Waals surface area contributed by atoms with Gasteiger partial charge in [-0.3, -0.25) is 14.5 Å². The maximum Gasteiger partial charge on any atom is 0.317 e. The number of hydrogen-bond acceptors (Lipinski definition) is 4. The van der Waals surface area contributed by atoms with Crippen LogP contribution in [-0.2, 0) is 19.7 Å². The van der Waals surface area contributed by atoms with Crippen molar-refractivity contribution >= 4 is 11.9 Å². The zero-order valence-corrected chi connectivity index (χ0v) is 15.3. The maximum absolute atomic E-state index is 13.2. The van der Waals surface area contributed by atoms with E-state index < -0.39 is 11.4 Å². The molecular formula is C20H28N2O4. The van der Waals surface area contributed by atoms with E-state index in [9.17, 15) is 9.59 Å². The predicted molar refractivity (Wildman–Crippen MR) is 98.0 cm³/mol. The van der Waals surface area contributed by atoms with Gasteiger partial charge in [-0.1, -0.05) is 37.3 Å². The summed E-state index contributed by atoms with van der Waals surface area (Å²) in [6, 6.07) is 10.3. The molecule has 1 saturated carbocycles.